The van der Waals surface area contributed by atoms with Crippen LogP contribution in [0.4, 0.5) is 0 Å². The smallest absolute Gasteiger partial charge is 0.320 e. The van der Waals surface area contributed by atoms with Crippen LogP contribution >= 0.6 is 0 Å². The van der Waals surface area contributed by atoms with Gasteiger partial charge in [-0.2, -0.15) is 0 Å². The number of nitrogens with two attached hydrogens (primary N) is 2. The Kier molecular flexibility index (Phi) is 3.62. The van der Waals surface area contributed by atoms with E-state index in [9.17, 15) is 4.79 Å². The van der Waals surface area contributed by atoms with E-state index in [-0.39, 0.29) is 0 Å². The van der Waals surface area contributed by atoms with E-state index in [0.29, 0.717) is 13.0 Å². The first-order valence-electron chi connectivity index (χ1n) is 4.39. The highest BCUT2D eigenvalue weighted by atomic mass is 16.4. The second-order valence-corrected chi connectivity index (χ2v) is 3.17. The molecule has 0 saturated carbocycles. The topological polar surface area (TPSA) is 89.3 Å². The van der Waals surface area contributed by atoms with Gasteiger partial charge in [0.05, 0.1) is 0 Å². The van der Waals surface area contributed by atoms with Crippen LogP contribution in [0.25, 0.3) is 0 Å². The monoisotopic (exact) mass is 194 g/mol. The van der Waals surface area contributed by atoms with Crippen LogP contribution in [-0.4, -0.2) is 17.1 Å². The normalized spacial score (nSPS) is 12.4. The molecule has 5 N–H and O–H groups in total. The summed E-state index contributed by atoms with van der Waals surface area (Å²) in [5.41, 5.74) is 12.8. The van der Waals surface area contributed by atoms with Gasteiger partial charge in [0, 0.05) is 6.54 Å². The molecule has 0 aromatic heterocycles. The Bertz CT molecular complexity index is 308. The van der Waals surface area contributed by atoms with Crippen LogP contribution < -0.4 is 11.5 Å². The Morgan fingerprint density at radius 2 is 1.79 bits per heavy atom. The Hall–Kier alpha value is -1.39. The van der Waals surface area contributed by atoms with Gasteiger partial charge in [-0.05, 0) is 17.5 Å². The maximum atomic E-state index is 10.5. The number of carboxylic acids is 1. The maximum absolute atomic E-state index is 10.5. The lowest BCUT2D eigenvalue weighted by Crippen LogP contribution is -2.32. The van der Waals surface area contributed by atoms with Gasteiger partial charge in [0.2, 0.25) is 0 Å². The van der Waals surface area contributed by atoms with Gasteiger partial charge >= 0.3 is 5.97 Å². The van der Waals surface area contributed by atoms with Gasteiger partial charge in [-0.3, -0.25) is 4.79 Å². The van der Waals surface area contributed by atoms with Crippen molar-refractivity contribution in [1.82, 2.24) is 0 Å². The first-order valence-corrected chi connectivity index (χ1v) is 4.39. The molecule has 1 rings (SSSR count). The molecule has 4 nitrogen and oxygen atoms in total. The van der Waals surface area contributed by atoms with Crippen molar-refractivity contribution < 1.29 is 9.90 Å². The molecule has 1 aromatic carbocycles. The standard InChI is InChI=1S/C10H14N2O2/c11-6-8-3-1-7(2-4-8)5-9(12)10(13)14/h1-4,9H,5-6,11-12H2,(H,13,14)/t9-/m0/s1. The summed E-state index contributed by atoms with van der Waals surface area (Å²) >= 11 is 0. The lowest BCUT2D eigenvalue weighted by molar-refractivity contribution is -0.138. The van der Waals surface area contributed by atoms with Crippen LogP contribution in [0.2, 0.25) is 0 Å². The van der Waals surface area contributed by atoms with Gasteiger partial charge in [0.25, 0.3) is 0 Å². The van der Waals surface area contributed by atoms with E-state index >= 15 is 0 Å². The number of aliphatic carboxylic acids is 1. The second-order valence-electron chi connectivity index (χ2n) is 3.17. The van der Waals surface area contributed by atoms with Gasteiger partial charge in [0.15, 0.2) is 0 Å². The van der Waals surface area contributed by atoms with E-state index < -0.39 is 12.0 Å². The lowest BCUT2D eigenvalue weighted by atomic mass is 10.0. The summed E-state index contributed by atoms with van der Waals surface area (Å²) in [7, 11) is 0. The van der Waals surface area contributed by atoms with Crippen LogP contribution in [0.1, 0.15) is 11.1 Å². The molecule has 1 aromatic rings. The van der Waals surface area contributed by atoms with Crippen LogP contribution in [0.15, 0.2) is 24.3 Å². The molecule has 76 valence electrons. The minimum absolute atomic E-state index is 0.347. The number of hydrogen-bond donors (Lipinski definition) is 3. The van der Waals surface area contributed by atoms with Crippen molar-refractivity contribution in [1.29, 1.82) is 0 Å². The van der Waals surface area contributed by atoms with Crippen LogP contribution in [0, 0.1) is 0 Å². The molecule has 0 aliphatic rings. The second kappa shape index (κ2) is 4.74. The molecule has 0 unspecified atom stereocenters. The number of hydrogen-bond acceptors (Lipinski definition) is 3. The fraction of sp³-hybridized carbons (Fsp3) is 0.300. The summed E-state index contributed by atoms with van der Waals surface area (Å²) in [6, 6.07) is 6.63. The van der Waals surface area contributed by atoms with E-state index in [1.165, 1.54) is 0 Å². The quantitative estimate of drug-likeness (QED) is 0.634. The molecule has 1 atom stereocenters. The van der Waals surface area contributed by atoms with Crippen molar-refractivity contribution in [2.24, 2.45) is 11.5 Å². The first kappa shape index (κ1) is 10.7. The number of rotatable bonds is 4. The number of carbonyl (C=O) groups is 1. The molecule has 14 heavy (non-hydrogen) atoms. The molecule has 4 heteroatoms. The third-order valence-corrected chi connectivity index (χ3v) is 2.03. The van der Waals surface area contributed by atoms with Crippen molar-refractivity contribution >= 4 is 5.97 Å². The Labute approximate surface area is 82.5 Å². The molecular formula is C10H14N2O2. The zero-order valence-corrected chi connectivity index (χ0v) is 7.81. The molecule has 0 heterocycles. The first-order chi connectivity index (χ1) is 6.63. The average Bonchev–Trinajstić information content (AvgIpc) is 2.19. The summed E-state index contributed by atoms with van der Waals surface area (Å²) in [4.78, 5) is 10.5. The highest BCUT2D eigenvalue weighted by Gasteiger charge is 2.11. The highest BCUT2D eigenvalue weighted by Crippen LogP contribution is 2.05. The summed E-state index contributed by atoms with van der Waals surface area (Å²) < 4.78 is 0. The number of carboxylic acid groups (broad SMARTS) is 1. The summed E-state index contributed by atoms with van der Waals surface area (Å²) in [5, 5.41) is 8.60. The third kappa shape index (κ3) is 2.83. The molecule has 0 amide bonds. The minimum atomic E-state index is -0.979. The molecule has 0 aliphatic carbocycles. The van der Waals surface area contributed by atoms with Crippen molar-refractivity contribution in [3.8, 4) is 0 Å². The Morgan fingerprint density at radius 1 is 1.29 bits per heavy atom. The van der Waals surface area contributed by atoms with E-state index in [4.69, 9.17) is 16.6 Å². The summed E-state index contributed by atoms with van der Waals surface area (Å²) in [6.07, 6.45) is 0.347. The minimum Gasteiger partial charge on any atom is -0.480 e. The zero-order valence-electron chi connectivity index (χ0n) is 7.81. The van der Waals surface area contributed by atoms with Gasteiger partial charge < -0.3 is 16.6 Å². The highest BCUT2D eigenvalue weighted by molar-refractivity contribution is 5.73. The van der Waals surface area contributed by atoms with Crippen molar-refractivity contribution in [2.45, 2.75) is 19.0 Å². The van der Waals surface area contributed by atoms with Crippen molar-refractivity contribution in [2.75, 3.05) is 0 Å². The van der Waals surface area contributed by atoms with E-state index in [1.807, 2.05) is 24.3 Å². The summed E-state index contributed by atoms with van der Waals surface area (Å²) in [5.74, 6) is -0.979. The molecule has 0 bridgehead atoms. The molecule has 0 aliphatic heterocycles. The molecule has 0 fully saturated rings. The van der Waals surface area contributed by atoms with Crippen LogP contribution in [-0.2, 0) is 17.8 Å². The van der Waals surface area contributed by atoms with Gasteiger partial charge in [0.1, 0.15) is 6.04 Å². The van der Waals surface area contributed by atoms with Crippen molar-refractivity contribution in [3.05, 3.63) is 35.4 Å². The fourth-order valence-electron chi connectivity index (χ4n) is 1.15. The molecule has 0 radical (unpaired) electrons. The predicted octanol–water partition coefficient (Wildman–Crippen LogP) is 0.0997. The zero-order chi connectivity index (χ0) is 10.6. The SMILES string of the molecule is NCc1ccc(C[C@H](N)C(=O)O)cc1. The molecule has 0 saturated heterocycles. The van der Waals surface area contributed by atoms with Gasteiger partial charge in [-0.15, -0.1) is 0 Å². The average molecular weight is 194 g/mol. The Balaban J connectivity index is 2.64. The van der Waals surface area contributed by atoms with Crippen LogP contribution in [0.3, 0.4) is 0 Å². The molecular weight excluding hydrogens is 180 g/mol. The van der Waals surface area contributed by atoms with Gasteiger partial charge in [-0.1, -0.05) is 24.3 Å². The van der Waals surface area contributed by atoms with Crippen LogP contribution in [0.5, 0.6) is 0 Å². The fourth-order valence-corrected chi connectivity index (χ4v) is 1.15. The van der Waals surface area contributed by atoms with E-state index in [0.717, 1.165) is 11.1 Å². The maximum Gasteiger partial charge on any atom is 0.320 e. The van der Waals surface area contributed by atoms with E-state index in [1.54, 1.807) is 0 Å². The van der Waals surface area contributed by atoms with Gasteiger partial charge in [-0.25, -0.2) is 0 Å². The molecule has 0 spiro atoms. The lowest BCUT2D eigenvalue weighted by Gasteiger charge is -2.06. The van der Waals surface area contributed by atoms with Crippen molar-refractivity contribution in [3.63, 3.8) is 0 Å². The Morgan fingerprint density at radius 3 is 2.21 bits per heavy atom. The predicted molar refractivity (Wildman–Crippen MR) is 53.6 cm³/mol. The number of benzene rings is 1. The summed E-state index contributed by atoms with van der Waals surface area (Å²) in [6.45, 7) is 0.491. The van der Waals surface area contributed by atoms with E-state index in [2.05, 4.69) is 0 Å². The third-order valence-electron chi connectivity index (χ3n) is 2.03. The largest absolute Gasteiger partial charge is 0.480 e.